The molecule has 2 rings (SSSR count). The summed E-state index contributed by atoms with van der Waals surface area (Å²) < 4.78 is 29.4. The number of benzene rings is 2. The summed E-state index contributed by atoms with van der Waals surface area (Å²) in [5, 5.41) is 5.61. The van der Waals surface area contributed by atoms with Crippen molar-refractivity contribution in [3.63, 3.8) is 0 Å². The van der Waals surface area contributed by atoms with Crippen molar-refractivity contribution in [3.8, 4) is 5.75 Å². The molecule has 0 fully saturated rings. The molecule has 0 aliphatic heterocycles. The second kappa shape index (κ2) is 9.72. The first-order valence-corrected chi connectivity index (χ1v) is 8.22. The van der Waals surface area contributed by atoms with Crippen LogP contribution in [-0.4, -0.2) is 38.2 Å². The fraction of sp³-hybridized carbons (Fsp3) is 0.316. The number of carbonyl (C=O) groups excluding carboxylic acids is 1. The van der Waals surface area contributed by atoms with Crippen LogP contribution in [0.4, 0.5) is 13.6 Å². The summed E-state index contributed by atoms with van der Waals surface area (Å²) in [5.74, 6) is 0.0516. The van der Waals surface area contributed by atoms with E-state index in [4.69, 9.17) is 0 Å². The van der Waals surface area contributed by atoms with Gasteiger partial charge in [0, 0.05) is 18.7 Å². The van der Waals surface area contributed by atoms with E-state index in [9.17, 15) is 13.6 Å². The van der Waals surface area contributed by atoms with E-state index in [-0.39, 0.29) is 24.4 Å². The molecule has 0 aliphatic rings. The number of alkyl halides is 2. The normalized spacial score (nSPS) is 12.1. The summed E-state index contributed by atoms with van der Waals surface area (Å²) >= 11 is 0. The Balaban J connectivity index is 1.98. The number of carbonyl (C=O) groups is 1. The summed E-state index contributed by atoms with van der Waals surface area (Å²) in [6, 6.07) is 15.4. The van der Waals surface area contributed by atoms with E-state index >= 15 is 0 Å². The highest BCUT2D eigenvalue weighted by molar-refractivity contribution is 5.74. The Bertz CT molecular complexity index is 696. The van der Waals surface area contributed by atoms with Gasteiger partial charge in [0.1, 0.15) is 5.75 Å². The number of hydrogen-bond acceptors (Lipinski definition) is 3. The predicted octanol–water partition coefficient (Wildman–Crippen LogP) is 3.39. The van der Waals surface area contributed by atoms with Gasteiger partial charge in [0.2, 0.25) is 0 Å². The minimum absolute atomic E-state index is 0.0516. The summed E-state index contributed by atoms with van der Waals surface area (Å²) in [6.45, 7) is -2.20. The van der Waals surface area contributed by atoms with Crippen molar-refractivity contribution in [2.45, 2.75) is 19.2 Å². The number of ether oxygens (including phenoxy) is 1. The number of nitrogens with zero attached hydrogens (tertiary/aromatic N) is 1. The topological polar surface area (TPSA) is 53.6 Å². The molecule has 0 radical (unpaired) electrons. The molecule has 0 heterocycles. The number of para-hydroxylation sites is 1. The second-order valence-corrected chi connectivity index (χ2v) is 6.04. The molecule has 2 aromatic rings. The van der Waals surface area contributed by atoms with Crippen molar-refractivity contribution >= 4 is 6.03 Å². The van der Waals surface area contributed by atoms with E-state index in [0.29, 0.717) is 12.1 Å². The Kier molecular flexibility index (Phi) is 7.35. The number of halogens is 2. The molecule has 2 amide bonds. The molecule has 5 nitrogen and oxygen atoms in total. The quantitative estimate of drug-likeness (QED) is 0.756. The molecule has 0 aliphatic carbocycles. The zero-order chi connectivity index (χ0) is 18.9. The zero-order valence-electron chi connectivity index (χ0n) is 14.8. The molecule has 0 saturated heterocycles. The van der Waals surface area contributed by atoms with Gasteiger partial charge in [-0.2, -0.15) is 8.78 Å². The highest BCUT2D eigenvalue weighted by Gasteiger charge is 2.16. The van der Waals surface area contributed by atoms with Crippen LogP contribution in [0.1, 0.15) is 17.2 Å². The van der Waals surface area contributed by atoms with Gasteiger partial charge in [0.05, 0.1) is 6.04 Å². The summed E-state index contributed by atoms with van der Waals surface area (Å²) in [7, 11) is 3.85. The van der Waals surface area contributed by atoms with E-state index in [1.165, 1.54) is 6.07 Å². The van der Waals surface area contributed by atoms with Gasteiger partial charge < -0.3 is 20.3 Å². The number of likely N-dealkylation sites (N-methyl/N-ethyl adjacent to an activating group) is 1. The number of amides is 2. The fourth-order valence-corrected chi connectivity index (χ4v) is 2.53. The summed E-state index contributed by atoms with van der Waals surface area (Å²) in [5.41, 5.74) is 1.46. The first-order valence-electron chi connectivity index (χ1n) is 8.22. The van der Waals surface area contributed by atoms with Crippen LogP contribution in [0, 0.1) is 0 Å². The van der Waals surface area contributed by atoms with Crippen molar-refractivity contribution in [2.24, 2.45) is 0 Å². The van der Waals surface area contributed by atoms with E-state index in [1.54, 1.807) is 18.2 Å². The number of rotatable bonds is 8. The molecule has 1 atom stereocenters. The van der Waals surface area contributed by atoms with Gasteiger partial charge in [-0.1, -0.05) is 48.5 Å². The van der Waals surface area contributed by atoms with Gasteiger partial charge in [-0.05, 0) is 25.7 Å². The third-order valence-corrected chi connectivity index (χ3v) is 3.68. The van der Waals surface area contributed by atoms with Crippen LogP contribution >= 0.6 is 0 Å². The molecule has 26 heavy (non-hydrogen) atoms. The molecule has 0 bridgehead atoms. The smallest absolute Gasteiger partial charge is 0.387 e. The maximum absolute atomic E-state index is 12.5. The standard InChI is InChI=1S/C19H23F2N3O2/c1-24(2)13-16(14-8-4-3-5-9-14)23-19(25)22-12-15-10-6-7-11-17(15)26-18(20)21/h3-11,16,18H,12-13H2,1-2H3,(H2,22,23,25). The molecule has 0 aromatic heterocycles. The molecule has 2 aromatic carbocycles. The van der Waals surface area contributed by atoms with Crippen LogP contribution in [0.15, 0.2) is 54.6 Å². The summed E-state index contributed by atoms with van der Waals surface area (Å²) in [6.07, 6.45) is 0. The molecule has 7 heteroatoms. The second-order valence-electron chi connectivity index (χ2n) is 6.04. The molecule has 140 valence electrons. The van der Waals surface area contributed by atoms with Gasteiger partial charge in [0.25, 0.3) is 0 Å². The van der Waals surface area contributed by atoms with Crippen molar-refractivity contribution < 1.29 is 18.3 Å². The Hall–Kier alpha value is -2.67. The maximum Gasteiger partial charge on any atom is 0.387 e. The Morgan fingerprint density at radius 3 is 2.38 bits per heavy atom. The average molecular weight is 363 g/mol. The summed E-state index contributed by atoms with van der Waals surface area (Å²) in [4.78, 5) is 14.3. The first kappa shape index (κ1) is 19.7. The number of nitrogens with one attached hydrogen (secondary N) is 2. The fourth-order valence-electron chi connectivity index (χ4n) is 2.53. The minimum Gasteiger partial charge on any atom is -0.434 e. The minimum atomic E-state index is -2.91. The van der Waals surface area contributed by atoms with E-state index in [2.05, 4.69) is 15.4 Å². The molecule has 0 saturated carbocycles. The lowest BCUT2D eigenvalue weighted by Crippen LogP contribution is -2.41. The monoisotopic (exact) mass is 363 g/mol. The van der Waals surface area contributed by atoms with Crippen molar-refractivity contribution in [1.82, 2.24) is 15.5 Å². The van der Waals surface area contributed by atoms with Crippen molar-refractivity contribution in [1.29, 1.82) is 0 Å². The highest BCUT2D eigenvalue weighted by Crippen LogP contribution is 2.20. The molecule has 2 N–H and O–H groups in total. The van der Waals surface area contributed by atoms with Gasteiger partial charge in [-0.25, -0.2) is 4.79 Å². The largest absolute Gasteiger partial charge is 0.434 e. The van der Waals surface area contributed by atoms with Gasteiger partial charge >= 0.3 is 12.6 Å². The van der Waals surface area contributed by atoms with Crippen LogP contribution in [0.25, 0.3) is 0 Å². The molecular formula is C19H23F2N3O2. The zero-order valence-corrected chi connectivity index (χ0v) is 14.8. The van der Waals surface area contributed by atoms with Crippen LogP contribution in [0.2, 0.25) is 0 Å². The molecular weight excluding hydrogens is 340 g/mol. The van der Waals surface area contributed by atoms with E-state index in [1.807, 2.05) is 49.3 Å². The van der Waals surface area contributed by atoms with Gasteiger partial charge in [0.15, 0.2) is 0 Å². The Morgan fingerprint density at radius 1 is 1.08 bits per heavy atom. The SMILES string of the molecule is CN(C)CC(NC(=O)NCc1ccccc1OC(F)F)c1ccccc1. The molecule has 0 spiro atoms. The van der Waals surface area contributed by atoms with Crippen LogP contribution in [-0.2, 0) is 6.54 Å². The van der Waals surface area contributed by atoms with Gasteiger partial charge in [-0.15, -0.1) is 0 Å². The van der Waals surface area contributed by atoms with Crippen LogP contribution < -0.4 is 15.4 Å². The molecule has 1 unspecified atom stereocenters. The number of urea groups is 1. The first-order chi connectivity index (χ1) is 12.5. The van der Waals surface area contributed by atoms with Gasteiger partial charge in [-0.3, -0.25) is 0 Å². The lowest BCUT2D eigenvalue weighted by molar-refractivity contribution is -0.0504. The Labute approximate surface area is 152 Å². The third kappa shape index (κ3) is 6.33. The third-order valence-electron chi connectivity index (χ3n) is 3.68. The predicted molar refractivity (Wildman–Crippen MR) is 96.2 cm³/mol. The van der Waals surface area contributed by atoms with Crippen molar-refractivity contribution in [3.05, 3.63) is 65.7 Å². The highest BCUT2D eigenvalue weighted by atomic mass is 19.3. The Morgan fingerprint density at radius 2 is 1.73 bits per heavy atom. The lowest BCUT2D eigenvalue weighted by atomic mass is 10.1. The van der Waals surface area contributed by atoms with Crippen molar-refractivity contribution in [2.75, 3.05) is 20.6 Å². The average Bonchev–Trinajstić information content (AvgIpc) is 2.60. The maximum atomic E-state index is 12.5. The van der Waals surface area contributed by atoms with E-state index in [0.717, 1.165) is 5.56 Å². The van der Waals surface area contributed by atoms with Crippen LogP contribution in [0.5, 0.6) is 5.75 Å². The van der Waals surface area contributed by atoms with E-state index < -0.39 is 6.61 Å². The lowest BCUT2D eigenvalue weighted by Gasteiger charge is -2.23. The van der Waals surface area contributed by atoms with Crippen LogP contribution in [0.3, 0.4) is 0 Å². The number of hydrogen-bond donors (Lipinski definition) is 2.